The van der Waals surface area contributed by atoms with E-state index in [1.807, 2.05) is 32.7 Å². The number of carbonyl (C=O) groups is 7. The fourth-order valence-corrected chi connectivity index (χ4v) is 10.6. The number of aliphatic carboxylic acids is 1. The number of nitrogens with zero attached hydrogens (tertiary/aromatic N) is 3. The van der Waals surface area contributed by atoms with E-state index in [2.05, 4.69) is 52.3 Å². The number of primary amides is 1. The average molecular weight is 1120 g/mol. The van der Waals surface area contributed by atoms with Crippen molar-refractivity contribution in [3.63, 3.8) is 0 Å². The third-order valence-electron chi connectivity index (χ3n) is 14.9. The van der Waals surface area contributed by atoms with Crippen molar-refractivity contribution in [3.8, 4) is 0 Å². The van der Waals surface area contributed by atoms with Crippen molar-refractivity contribution >= 4 is 64.4 Å². The van der Waals surface area contributed by atoms with Gasteiger partial charge in [0, 0.05) is 60.9 Å². The van der Waals surface area contributed by atoms with Crippen LogP contribution in [0.15, 0.2) is 53.9 Å². The minimum Gasteiger partial charge on any atom is -0.481 e. The van der Waals surface area contributed by atoms with E-state index in [4.69, 9.17) is 20.2 Å². The second-order valence-corrected chi connectivity index (χ2v) is 23.1. The van der Waals surface area contributed by atoms with Crippen molar-refractivity contribution in [2.75, 3.05) is 43.9 Å². The summed E-state index contributed by atoms with van der Waals surface area (Å²) in [5.41, 5.74) is 6.61. The summed E-state index contributed by atoms with van der Waals surface area (Å²) >= 11 is 1.30. The van der Waals surface area contributed by atoms with Crippen LogP contribution in [-0.2, 0) is 41.7 Å². The van der Waals surface area contributed by atoms with Gasteiger partial charge in [-0.2, -0.15) is 0 Å². The van der Waals surface area contributed by atoms with Crippen molar-refractivity contribution in [1.29, 1.82) is 0 Å². The van der Waals surface area contributed by atoms with E-state index in [9.17, 15) is 33.9 Å². The second kappa shape index (κ2) is 32.8. The Hall–Kier alpha value is -6.12. The Labute approximate surface area is 472 Å². The maximum absolute atomic E-state index is 15.0. The molecule has 0 aliphatic carbocycles. The van der Waals surface area contributed by atoms with Crippen LogP contribution in [0.1, 0.15) is 172 Å². The summed E-state index contributed by atoms with van der Waals surface area (Å²) < 4.78 is 11.8. The molecule has 19 nitrogen and oxygen atoms in total. The number of rotatable bonds is 33. The van der Waals surface area contributed by atoms with Crippen LogP contribution in [0, 0.1) is 23.2 Å². The monoisotopic (exact) mass is 1120 g/mol. The third-order valence-corrected chi connectivity index (χ3v) is 15.9. The number of carboxylic acid groups (broad SMARTS) is 1. The Morgan fingerprint density at radius 3 is 2.16 bits per heavy atom. The van der Waals surface area contributed by atoms with Crippen molar-refractivity contribution in [2.45, 2.75) is 183 Å². The number of urea groups is 1. The molecule has 1 saturated heterocycles. The van der Waals surface area contributed by atoms with E-state index in [1.165, 1.54) is 11.3 Å². The molecule has 1 aliphatic rings. The van der Waals surface area contributed by atoms with E-state index in [-0.39, 0.29) is 72.7 Å². The van der Waals surface area contributed by atoms with Gasteiger partial charge in [-0.1, -0.05) is 97.9 Å². The zero-order valence-corrected chi connectivity index (χ0v) is 49.3. The fourth-order valence-electron chi connectivity index (χ4n) is 9.77. The summed E-state index contributed by atoms with van der Waals surface area (Å²) in [5, 5.41) is 26.8. The summed E-state index contributed by atoms with van der Waals surface area (Å²) in [6, 6.07) is 11.4. The van der Waals surface area contributed by atoms with Crippen molar-refractivity contribution in [1.82, 2.24) is 30.7 Å². The van der Waals surface area contributed by atoms with Gasteiger partial charge in [-0.15, -0.1) is 11.3 Å². The molecule has 1 aromatic heterocycles. The van der Waals surface area contributed by atoms with Crippen molar-refractivity contribution < 1.29 is 48.1 Å². The van der Waals surface area contributed by atoms with Crippen LogP contribution < -0.4 is 32.3 Å². The molecule has 0 saturated carbocycles. The highest BCUT2D eigenvalue weighted by Gasteiger charge is 2.39. The average Bonchev–Trinajstić information content (AvgIpc) is 3.92. The normalized spacial score (nSPS) is 16.1. The number of thiazole rings is 1. The molecule has 1 unspecified atom stereocenters. The lowest BCUT2D eigenvalue weighted by atomic mass is 9.84. The first-order valence-electron chi connectivity index (χ1n) is 28.4. The van der Waals surface area contributed by atoms with Crippen molar-refractivity contribution in [3.05, 3.63) is 75.7 Å². The summed E-state index contributed by atoms with van der Waals surface area (Å²) in [7, 11) is 1.97. The van der Waals surface area contributed by atoms with Crippen LogP contribution in [0.3, 0.4) is 0 Å². The van der Waals surface area contributed by atoms with Crippen LogP contribution >= 0.6 is 11.3 Å². The molecule has 0 radical (unpaired) electrons. The molecule has 7 atom stereocenters. The fraction of sp³-hybridized carbons (Fsp3) is 0.627. The first kappa shape index (κ1) is 65.4. The standard InChI is InChI=1S/C59H91N9O10S/c1-11-14-15-17-32-68(55(72)50(39(6)12-2)66-53(71)47-21-16-18-31-67(47)10)48(38(4)5)34-49(77-13-3)54-65-46(37-79-54)52(70)63-45(35-59(8,9)56(73)74)33-41-22-26-44(27-23-41)64-58(76)78-36-42-24-28-43(29-25-42)62-51(69)40(7)20-19-30-61-57(60)75/h22-29,37-40,45,47-50H,11-21,30-36H2,1-10H3,(H,62,69)(H,63,70)(H,64,76)(H,66,71)(H,73,74)(H3,60,61,75)/t39-,40-,45-,47?,48+,49+,50-/m0/s1. The second-order valence-electron chi connectivity index (χ2n) is 22.2. The van der Waals surface area contributed by atoms with Gasteiger partial charge in [0.05, 0.1) is 11.5 Å². The molecule has 1 aliphatic heterocycles. The Morgan fingerprint density at radius 1 is 0.886 bits per heavy atom. The minimum absolute atomic E-state index is 0.0156. The van der Waals surface area contributed by atoms with Gasteiger partial charge in [0.15, 0.2) is 0 Å². The molecule has 0 spiro atoms. The first-order valence-corrected chi connectivity index (χ1v) is 29.3. The van der Waals surface area contributed by atoms with E-state index in [0.717, 1.165) is 57.1 Å². The number of nitrogens with two attached hydrogens (primary N) is 1. The largest absolute Gasteiger partial charge is 0.481 e. The predicted octanol–water partition coefficient (Wildman–Crippen LogP) is 9.67. The van der Waals surface area contributed by atoms with E-state index in [0.29, 0.717) is 67.3 Å². The number of benzene rings is 2. The molecule has 8 N–H and O–H groups in total. The van der Waals surface area contributed by atoms with Crippen LogP contribution in [0.4, 0.5) is 21.0 Å². The number of hydrogen-bond donors (Lipinski definition) is 7. The number of likely N-dealkylation sites (N-methyl/N-ethyl adjacent to an activating group) is 1. The van der Waals surface area contributed by atoms with Gasteiger partial charge in [-0.25, -0.2) is 14.6 Å². The third kappa shape index (κ3) is 21.5. The van der Waals surface area contributed by atoms with Gasteiger partial charge in [0.1, 0.15) is 29.5 Å². The maximum Gasteiger partial charge on any atom is 0.411 e. The molecular weight excluding hydrogens is 1030 g/mol. The summed E-state index contributed by atoms with van der Waals surface area (Å²) in [6.07, 6.45) is 8.12. The van der Waals surface area contributed by atoms with E-state index in [1.54, 1.807) is 74.7 Å². The highest BCUT2D eigenvalue weighted by Crippen LogP contribution is 2.33. The van der Waals surface area contributed by atoms with Gasteiger partial charge >= 0.3 is 18.1 Å². The molecule has 7 amide bonds. The number of nitrogens with one attached hydrogen (secondary N) is 5. The Kier molecular flexibility index (Phi) is 27.2. The zero-order valence-electron chi connectivity index (χ0n) is 48.5. The molecule has 0 bridgehead atoms. The SMILES string of the molecule is CCCCCCN(C(=O)[C@@H](NC(=O)C1CCCCN1C)[C@@H](C)CC)[C@H](C[C@@H](OCC)c1nc(C(=O)N[C@@H](Cc2ccc(NC(=O)OCc3ccc(NC(=O)[C@@H](C)CCCNC(N)=O)cc3)cc2)CC(C)(C)C(=O)O)cs1)C(C)C. The number of amides is 7. The number of unbranched alkanes of at least 4 members (excludes halogenated alkanes) is 3. The molecule has 438 valence electrons. The van der Waals surface area contributed by atoms with E-state index < -0.39 is 47.6 Å². The van der Waals surface area contributed by atoms with Gasteiger partial charge < -0.3 is 46.5 Å². The van der Waals surface area contributed by atoms with Crippen LogP contribution in [0.5, 0.6) is 0 Å². The summed E-state index contributed by atoms with van der Waals surface area (Å²) in [5.74, 6) is -2.20. The lowest BCUT2D eigenvalue weighted by Crippen LogP contribution is -2.59. The molecular formula is C59H91N9O10S. The number of carbonyl (C=O) groups excluding carboxylic acids is 6. The summed E-state index contributed by atoms with van der Waals surface area (Å²) in [6.45, 7) is 19.5. The number of carboxylic acids is 1. The lowest BCUT2D eigenvalue weighted by Gasteiger charge is -2.40. The van der Waals surface area contributed by atoms with Crippen LogP contribution in [0.2, 0.25) is 0 Å². The van der Waals surface area contributed by atoms with Gasteiger partial charge in [-0.3, -0.25) is 34.2 Å². The molecule has 2 heterocycles. The number of ether oxygens (including phenoxy) is 2. The number of piperidine rings is 1. The first-order chi connectivity index (χ1) is 37.6. The smallest absolute Gasteiger partial charge is 0.411 e. The topological polar surface area (TPSA) is 264 Å². The molecule has 1 fully saturated rings. The molecule has 3 aromatic rings. The Bertz CT molecular complexity index is 2420. The predicted molar refractivity (Wildman–Crippen MR) is 310 cm³/mol. The van der Waals surface area contributed by atoms with Crippen molar-refractivity contribution in [2.24, 2.45) is 28.9 Å². The number of aromatic nitrogens is 1. The molecule has 79 heavy (non-hydrogen) atoms. The quantitative estimate of drug-likeness (QED) is 0.0281. The highest BCUT2D eigenvalue weighted by molar-refractivity contribution is 7.09. The molecule has 4 rings (SSSR count). The van der Waals surface area contributed by atoms with E-state index >= 15 is 4.79 Å². The highest BCUT2D eigenvalue weighted by atomic mass is 32.1. The number of anilines is 2. The Balaban J connectivity index is 1.44. The number of hydrogen-bond acceptors (Lipinski definition) is 12. The zero-order chi connectivity index (χ0) is 58.2. The van der Waals surface area contributed by atoms with Gasteiger partial charge in [0.25, 0.3) is 5.91 Å². The number of likely N-dealkylation sites (tertiary alicyclic amines) is 1. The van der Waals surface area contributed by atoms with Gasteiger partial charge in [0.2, 0.25) is 17.7 Å². The van der Waals surface area contributed by atoms with Crippen LogP contribution in [0.25, 0.3) is 0 Å². The summed E-state index contributed by atoms with van der Waals surface area (Å²) in [4.78, 5) is 101. The molecule has 20 heteroatoms. The molecule has 2 aromatic carbocycles. The minimum atomic E-state index is -1.19. The van der Waals surface area contributed by atoms with Crippen LogP contribution in [-0.4, -0.2) is 119 Å². The lowest BCUT2D eigenvalue weighted by molar-refractivity contribution is -0.147. The maximum atomic E-state index is 15.0. The Morgan fingerprint density at radius 2 is 1.56 bits per heavy atom. The van der Waals surface area contributed by atoms with Gasteiger partial charge in [-0.05, 0) is 127 Å².